The maximum atomic E-state index is 13.8. The third-order valence-electron chi connectivity index (χ3n) is 5.02. The molecule has 4 nitrogen and oxygen atoms in total. The molecule has 142 valence electrons. The van der Waals surface area contributed by atoms with E-state index in [0.29, 0.717) is 16.8 Å². The van der Waals surface area contributed by atoms with Gasteiger partial charge in [-0.05, 0) is 42.7 Å². The number of thiophene rings is 1. The van der Waals surface area contributed by atoms with Crippen LogP contribution in [0.5, 0.6) is 0 Å². The number of aromatic carboxylic acids is 1. The van der Waals surface area contributed by atoms with Crippen LogP contribution in [0, 0.1) is 19.7 Å². The van der Waals surface area contributed by atoms with Crippen LogP contribution in [0.25, 0.3) is 11.1 Å². The topological polar surface area (TPSA) is 66.4 Å². The summed E-state index contributed by atoms with van der Waals surface area (Å²) in [7, 11) is 0. The number of carboxylic acids is 1. The molecule has 0 radical (unpaired) electrons. The van der Waals surface area contributed by atoms with Crippen LogP contribution in [0.4, 0.5) is 10.1 Å². The molecule has 0 spiro atoms. The van der Waals surface area contributed by atoms with Gasteiger partial charge in [0.15, 0.2) is 0 Å². The monoisotopic (exact) mass is 395 g/mol. The van der Waals surface area contributed by atoms with Crippen molar-refractivity contribution in [2.45, 2.75) is 26.2 Å². The molecule has 2 N–H and O–H groups in total. The summed E-state index contributed by atoms with van der Waals surface area (Å²) in [6, 6.07) is 11.9. The second kappa shape index (κ2) is 6.87. The number of aryl methyl sites for hydroxylation is 2. The summed E-state index contributed by atoms with van der Waals surface area (Å²) in [5.74, 6) is -1.95. The van der Waals surface area contributed by atoms with E-state index in [9.17, 15) is 19.1 Å². The molecule has 0 saturated carbocycles. The third-order valence-corrected chi connectivity index (χ3v) is 6.32. The first-order valence-corrected chi connectivity index (χ1v) is 9.69. The van der Waals surface area contributed by atoms with Crippen LogP contribution in [0.3, 0.4) is 0 Å². The molecule has 1 amide bonds. The normalized spacial score (nSPS) is 15.8. The second-order valence-electron chi connectivity index (χ2n) is 7.03. The Kier molecular flexibility index (Phi) is 4.51. The average molecular weight is 395 g/mol. The SMILES string of the molecule is Cc1ccc(C)c(C2CC(=O)Nc3c2sc(C(=O)O)c3-c2cccc(F)c2)c1. The van der Waals surface area contributed by atoms with Gasteiger partial charge in [0.25, 0.3) is 0 Å². The van der Waals surface area contributed by atoms with E-state index in [1.165, 1.54) is 18.2 Å². The van der Waals surface area contributed by atoms with E-state index in [0.717, 1.165) is 32.9 Å². The summed E-state index contributed by atoms with van der Waals surface area (Å²) < 4.78 is 13.8. The molecule has 2 aromatic carbocycles. The molecule has 6 heteroatoms. The number of benzene rings is 2. The third kappa shape index (κ3) is 3.10. The molecule has 1 unspecified atom stereocenters. The van der Waals surface area contributed by atoms with Gasteiger partial charge in [-0.15, -0.1) is 11.3 Å². The van der Waals surface area contributed by atoms with Crippen molar-refractivity contribution >= 4 is 28.9 Å². The van der Waals surface area contributed by atoms with Gasteiger partial charge in [-0.2, -0.15) is 0 Å². The van der Waals surface area contributed by atoms with E-state index in [4.69, 9.17) is 0 Å². The van der Waals surface area contributed by atoms with E-state index in [1.54, 1.807) is 6.07 Å². The highest BCUT2D eigenvalue weighted by atomic mass is 32.1. The zero-order valence-electron chi connectivity index (χ0n) is 15.4. The molecule has 2 heterocycles. The summed E-state index contributed by atoms with van der Waals surface area (Å²) in [4.78, 5) is 25.4. The molecule has 0 aliphatic carbocycles. The van der Waals surface area contributed by atoms with Crippen LogP contribution in [-0.2, 0) is 4.79 Å². The molecule has 3 aromatic rings. The number of hydrogen-bond acceptors (Lipinski definition) is 3. The fraction of sp³-hybridized carbons (Fsp3) is 0.182. The Hall–Kier alpha value is -2.99. The molecule has 0 saturated heterocycles. The lowest BCUT2D eigenvalue weighted by atomic mass is 9.85. The first-order valence-electron chi connectivity index (χ1n) is 8.88. The Morgan fingerprint density at radius 3 is 2.71 bits per heavy atom. The Morgan fingerprint density at radius 1 is 1.21 bits per heavy atom. The molecule has 1 aliphatic rings. The number of hydrogen-bond donors (Lipinski definition) is 2. The molecule has 28 heavy (non-hydrogen) atoms. The molecule has 1 aliphatic heterocycles. The zero-order valence-corrected chi connectivity index (χ0v) is 16.2. The van der Waals surface area contributed by atoms with Gasteiger partial charge in [-0.1, -0.05) is 35.9 Å². The van der Waals surface area contributed by atoms with Crippen molar-refractivity contribution in [3.05, 3.63) is 74.7 Å². The minimum Gasteiger partial charge on any atom is -0.477 e. The molecule has 0 bridgehead atoms. The van der Waals surface area contributed by atoms with Gasteiger partial charge < -0.3 is 10.4 Å². The number of carbonyl (C=O) groups excluding carboxylic acids is 1. The summed E-state index contributed by atoms with van der Waals surface area (Å²) in [6.45, 7) is 3.97. The van der Waals surface area contributed by atoms with E-state index >= 15 is 0 Å². The van der Waals surface area contributed by atoms with Gasteiger partial charge in [-0.25, -0.2) is 9.18 Å². The van der Waals surface area contributed by atoms with Crippen molar-refractivity contribution in [1.29, 1.82) is 0 Å². The number of amides is 1. The number of halogens is 1. The van der Waals surface area contributed by atoms with Crippen molar-refractivity contribution in [2.75, 3.05) is 5.32 Å². The number of rotatable bonds is 3. The van der Waals surface area contributed by atoms with Gasteiger partial charge in [0.1, 0.15) is 10.7 Å². The van der Waals surface area contributed by atoms with Crippen molar-refractivity contribution in [1.82, 2.24) is 0 Å². The first kappa shape index (κ1) is 18.4. The summed E-state index contributed by atoms with van der Waals surface area (Å²) in [6.07, 6.45) is 0.249. The lowest BCUT2D eigenvalue weighted by molar-refractivity contribution is -0.116. The maximum Gasteiger partial charge on any atom is 0.346 e. The van der Waals surface area contributed by atoms with Crippen LogP contribution in [0.1, 0.15) is 43.6 Å². The summed E-state index contributed by atoms with van der Waals surface area (Å²) in [5, 5.41) is 12.6. The Labute approximate surface area is 165 Å². The fourth-order valence-corrected chi connectivity index (χ4v) is 4.98. The number of anilines is 1. The van der Waals surface area contributed by atoms with Crippen molar-refractivity contribution < 1.29 is 19.1 Å². The maximum absolute atomic E-state index is 13.8. The number of nitrogens with one attached hydrogen (secondary N) is 1. The predicted octanol–water partition coefficient (Wildman–Crippen LogP) is 5.34. The van der Waals surface area contributed by atoms with Crippen LogP contribution in [-0.4, -0.2) is 17.0 Å². The van der Waals surface area contributed by atoms with Gasteiger partial charge in [0.2, 0.25) is 5.91 Å². The average Bonchev–Trinajstić information content (AvgIpc) is 3.02. The lowest BCUT2D eigenvalue weighted by Gasteiger charge is -2.25. The number of carboxylic acid groups (broad SMARTS) is 1. The number of carbonyl (C=O) groups is 2. The second-order valence-corrected chi connectivity index (χ2v) is 8.08. The predicted molar refractivity (Wildman–Crippen MR) is 108 cm³/mol. The van der Waals surface area contributed by atoms with Crippen LogP contribution >= 0.6 is 11.3 Å². The molecule has 1 atom stereocenters. The van der Waals surface area contributed by atoms with Crippen LogP contribution in [0.15, 0.2) is 42.5 Å². The summed E-state index contributed by atoms with van der Waals surface area (Å²) >= 11 is 1.15. The van der Waals surface area contributed by atoms with Gasteiger partial charge in [0, 0.05) is 22.8 Å². The highest BCUT2D eigenvalue weighted by Gasteiger charge is 2.35. The minimum atomic E-state index is -1.09. The molecule has 0 fully saturated rings. The molecule has 1 aromatic heterocycles. The number of fused-ring (bicyclic) bond motifs is 1. The highest BCUT2D eigenvalue weighted by Crippen LogP contribution is 2.50. The van der Waals surface area contributed by atoms with E-state index in [1.807, 2.05) is 32.0 Å². The van der Waals surface area contributed by atoms with Crippen LogP contribution in [0.2, 0.25) is 0 Å². The quantitative estimate of drug-likeness (QED) is 0.629. The summed E-state index contributed by atoms with van der Waals surface area (Å²) in [5.41, 5.74) is 4.43. The molecule has 4 rings (SSSR count). The zero-order chi connectivity index (χ0) is 20.0. The largest absolute Gasteiger partial charge is 0.477 e. The standard InChI is InChI=1S/C22H18FNO3S/c1-11-6-7-12(2)15(8-11)16-10-17(25)24-19-18(13-4-3-5-14(23)9-13)21(22(26)27)28-20(16)19/h3-9,16H,10H2,1-2H3,(H,24,25)(H,26,27). The van der Waals surface area contributed by atoms with E-state index in [-0.39, 0.29) is 23.1 Å². The Balaban J connectivity index is 1.98. The Bertz CT molecular complexity index is 1120. The highest BCUT2D eigenvalue weighted by molar-refractivity contribution is 7.15. The van der Waals surface area contributed by atoms with Crippen molar-refractivity contribution in [2.24, 2.45) is 0 Å². The van der Waals surface area contributed by atoms with Crippen molar-refractivity contribution in [3.8, 4) is 11.1 Å². The minimum absolute atomic E-state index is 0.105. The molecular formula is C22H18FNO3S. The fourth-order valence-electron chi connectivity index (χ4n) is 3.74. The van der Waals surface area contributed by atoms with E-state index in [2.05, 4.69) is 5.32 Å². The van der Waals surface area contributed by atoms with E-state index < -0.39 is 11.8 Å². The van der Waals surface area contributed by atoms with Crippen LogP contribution < -0.4 is 5.32 Å². The first-order chi connectivity index (χ1) is 13.3. The Morgan fingerprint density at radius 2 is 2.00 bits per heavy atom. The smallest absolute Gasteiger partial charge is 0.346 e. The van der Waals surface area contributed by atoms with Gasteiger partial charge in [0.05, 0.1) is 5.69 Å². The van der Waals surface area contributed by atoms with Gasteiger partial charge in [-0.3, -0.25) is 4.79 Å². The van der Waals surface area contributed by atoms with Gasteiger partial charge >= 0.3 is 5.97 Å². The lowest BCUT2D eigenvalue weighted by Crippen LogP contribution is -2.23. The molecular weight excluding hydrogens is 377 g/mol. The van der Waals surface area contributed by atoms with Crippen molar-refractivity contribution in [3.63, 3.8) is 0 Å².